The largest absolute Gasteiger partial charge is 0.370 e. The molecule has 5 rings (SSSR count). The van der Waals surface area contributed by atoms with Crippen molar-refractivity contribution in [2.75, 3.05) is 23.3 Å². The van der Waals surface area contributed by atoms with Crippen LogP contribution in [0.4, 0.5) is 11.4 Å². The van der Waals surface area contributed by atoms with Crippen molar-refractivity contribution in [1.29, 1.82) is 0 Å². The molecule has 3 fully saturated rings. The quantitative estimate of drug-likeness (QED) is 0.811. The minimum absolute atomic E-state index is 0.146. The number of anilines is 2. The summed E-state index contributed by atoms with van der Waals surface area (Å²) in [5, 5.41) is 3.16. The van der Waals surface area contributed by atoms with Crippen molar-refractivity contribution in [3.8, 4) is 0 Å². The van der Waals surface area contributed by atoms with E-state index in [4.69, 9.17) is 0 Å². The van der Waals surface area contributed by atoms with E-state index in [1.54, 1.807) is 0 Å². The van der Waals surface area contributed by atoms with Gasteiger partial charge in [0, 0.05) is 19.0 Å². The third-order valence-corrected chi connectivity index (χ3v) is 6.19. The van der Waals surface area contributed by atoms with Crippen LogP contribution in [-0.2, 0) is 4.79 Å². The molecule has 6 nitrogen and oxygen atoms in total. The summed E-state index contributed by atoms with van der Waals surface area (Å²) in [7, 11) is 0. The molecule has 1 saturated heterocycles. The number of hydrogen-bond donors (Lipinski definition) is 3. The molecule has 2 aliphatic carbocycles. The van der Waals surface area contributed by atoms with Gasteiger partial charge in [0.25, 0.3) is 0 Å². The fraction of sp³-hybridized carbons (Fsp3) is 0.556. The molecular weight excluding hydrogens is 304 g/mol. The first kappa shape index (κ1) is 14.1. The van der Waals surface area contributed by atoms with E-state index < -0.39 is 0 Å². The van der Waals surface area contributed by atoms with Gasteiger partial charge in [0.2, 0.25) is 5.91 Å². The highest BCUT2D eigenvalue weighted by Gasteiger charge is 2.60. The van der Waals surface area contributed by atoms with Crippen molar-refractivity contribution >= 4 is 28.3 Å². The molecule has 1 aliphatic heterocycles. The van der Waals surface area contributed by atoms with Crippen LogP contribution in [-0.4, -0.2) is 29.0 Å². The van der Waals surface area contributed by atoms with Crippen LogP contribution in [0.2, 0.25) is 0 Å². The highest BCUT2D eigenvalue weighted by atomic mass is 16.2. The number of aromatic nitrogens is 2. The third-order valence-electron chi connectivity index (χ3n) is 6.19. The smallest absolute Gasteiger partial charge is 0.323 e. The Labute approximate surface area is 139 Å². The Balaban J connectivity index is 1.49. The maximum atomic E-state index is 12.7. The zero-order chi connectivity index (χ0) is 16.3. The summed E-state index contributed by atoms with van der Waals surface area (Å²) >= 11 is 0. The lowest BCUT2D eigenvalue weighted by Gasteiger charge is -2.26. The lowest BCUT2D eigenvalue weighted by molar-refractivity contribution is -0.118. The molecule has 0 radical (unpaired) electrons. The van der Waals surface area contributed by atoms with Crippen molar-refractivity contribution in [3.63, 3.8) is 0 Å². The monoisotopic (exact) mass is 326 g/mol. The van der Waals surface area contributed by atoms with E-state index in [0.29, 0.717) is 5.41 Å². The molecule has 3 aliphatic rings. The van der Waals surface area contributed by atoms with Crippen LogP contribution < -0.4 is 15.9 Å². The SMILES string of the molecule is O=C(Nc1cc2[nH]c(=O)[nH]c2cc1N1CCCC1)C1CC12CCC2. The van der Waals surface area contributed by atoms with Crippen LogP contribution in [0.5, 0.6) is 0 Å². The molecule has 1 amide bonds. The van der Waals surface area contributed by atoms with E-state index in [1.165, 1.54) is 32.1 Å². The van der Waals surface area contributed by atoms with Gasteiger partial charge in [-0.2, -0.15) is 0 Å². The number of fused-ring (bicyclic) bond motifs is 1. The number of aromatic amines is 2. The Morgan fingerprint density at radius 1 is 1.12 bits per heavy atom. The van der Waals surface area contributed by atoms with Crippen molar-refractivity contribution in [2.45, 2.75) is 38.5 Å². The molecule has 3 N–H and O–H groups in total. The highest BCUT2D eigenvalue weighted by Crippen LogP contribution is 2.65. The average Bonchev–Trinajstić information content (AvgIpc) is 2.88. The van der Waals surface area contributed by atoms with E-state index in [9.17, 15) is 9.59 Å². The topological polar surface area (TPSA) is 81.0 Å². The second-order valence-electron chi connectivity index (χ2n) is 7.65. The number of H-pyrrole nitrogens is 2. The number of amides is 1. The maximum Gasteiger partial charge on any atom is 0.323 e. The van der Waals surface area contributed by atoms with Crippen LogP contribution in [0, 0.1) is 11.3 Å². The lowest BCUT2D eigenvalue weighted by atomic mass is 9.79. The summed E-state index contributed by atoms with van der Waals surface area (Å²) in [5.41, 5.74) is 3.49. The number of carbonyl (C=O) groups excluding carboxylic acids is 1. The lowest BCUT2D eigenvalue weighted by Crippen LogP contribution is -2.25. The molecule has 2 saturated carbocycles. The van der Waals surface area contributed by atoms with Crippen LogP contribution in [0.3, 0.4) is 0 Å². The van der Waals surface area contributed by atoms with Gasteiger partial charge < -0.3 is 20.2 Å². The molecular formula is C18H22N4O2. The van der Waals surface area contributed by atoms with E-state index in [-0.39, 0.29) is 17.5 Å². The first-order valence-electron chi connectivity index (χ1n) is 8.97. The highest BCUT2D eigenvalue weighted by molar-refractivity contribution is 6.00. The van der Waals surface area contributed by atoms with Crippen LogP contribution in [0.1, 0.15) is 38.5 Å². The first-order valence-corrected chi connectivity index (χ1v) is 8.97. The van der Waals surface area contributed by atoms with Crippen molar-refractivity contribution < 1.29 is 4.79 Å². The fourth-order valence-corrected chi connectivity index (χ4v) is 4.51. The number of imidazole rings is 1. The van der Waals surface area contributed by atoms with Gasteiger partial charge in [-0.25, -0.2) is 4.79 Å². The zero-order valence-corrected chi connectivity index (χ0v) is 13.7. The van der Waals surface area contributed by atoms with E-state index in [1.807, 2.05) is 12.1 Å². The Bertz CT molecular complexity index is 871. The molecule has 24 heavy (non-hydrogen) atoms. The average molecular weight is 326 g/mol. The minimum atomic E-state index is -0.212. The van der Waals surface area contributed by atoms with E-state index in [2.05, 4.69) is 20.2 Å². The second kappa shape index (κ2) is 4.88. The molecule has 1 aromatic carbocycles. The Kier molecular flexibility index (Phi) is 2.87. The van der Waals surface area contributed by atoms with Crippen molar-refractivity contribution in [1.82, 2.24) is 9.97 Å². The molecule has 1 atom stereocenters. The standard InChI is InChI=1S/C18H22N4O2/c23-16(11-10-18(11)4-3-5-18)19-14-8-12-13(21-17(24)20-12)9-15(14)22-6-1-2-7-22/h8-9,11H,1-7,10H2,(H,19,23)(H2,20,21,24). The molecule has 1 aromatic heterocycles. The maximum absolute atomic E-state index is 12.7. The van der Waals surface area contributed by atoms with Gasteiger partial charge >= 0.3 is 5.69 Å². The predicted octanol–water partition coefficient (Wildman–Crippen LogP) is 2.59. The van der Waals surface area contributed by atoms with Crippen molar-refractivity contribution in [3.05, 3.63) is 22.6 Å². The molecule has 0 bridgehead atoms. The molecule has 2 heterocycles. The molecule has 1 unspecified atom stereocenters. The first-order chi connectivity index (χ1) is 11.6. The molecule has 126 valence electrons. The number of benzene rings is 1. The van der Waals surface area contributed by atoms with Gasteiger partial charge in [-0.3, -0.25) is 4.79 Å². The number of rotatable bonds is 3. The van der Waals surface area contributed by atoms with E-state index in [0.717, 1.165) is 41.9 Å². The summed E-state index contributed by atoms with van der Waals surface area (Å²) in [6, 6.07) is 3.88. The summed E-state index contributed by atoms with van der Waals surface area (Å²) in [4.78, 5) is 32.2. The van der Waals surface area contributed by atoms with Crippen LogP contribution in [0.15, 0.2) is 16.9 Å². The van der Waals surface area contributed by atoms with Gasteiger partial charge in [-0.15, -0.1) is 0 Å². The summed E-state index contributed by atoms with van der Waals surface area (Å²) < 4.78 is 0. The van der Waals surface area contributed by atoms with Crippen molar-refractivity contribution in [2.24, 2.45) is 11.3 Å². The zero-order valence-electron chi connectivity index (χ0n) is 13.7. The van der Waals surface area contributed by atoms with Gasteiger partial charge in [0.05, 0.1) is 22.4 Å². The molecule has 2 aromatic rings. The van der Waals surface area contributed by atoms with Gasteiger partial charge in [0.1, 0.15) is 0 Å². The Hall–Kier alpha value is -2.24. The van der Waals surface area contributed by atoms with Crippen LogP contribution in [0.25, 0.3) is 11.0 Å². The third kappa shape index (κ3) is 2.08. The molecule has 6 heteroatoms. The minimum Gasteiger partial charge on any atom is -0.370 e. The Morgan fingerprint density at radius 2 is 1.83 bits per heavy atom. The number of nitrogens with zero attached hydrogens (tertiary/aromatic N) is 1. The van der Waals surface area contributed by atoms with Gasteiger partial charge in [0.15, 0.2) is 0 Å². The summed E-state index contributed by atoms with van der Waals surface area (Å²) in [6.45, 7) is 1.99. The predicted molar refractivity (Wildman–Crippen MR) is 93.4 cm³/mol. The molecule has 1 spiro atoms. The number of carbonyl (C=O) groups is 1. The second-order valence-corrected chi connectivity index (χ2v) is 7.65. The summed E-state index contributed by atoms with van der Waals surface area (Å²) in [6.07, 6.45) is 7.05. The van der Waals surface area contributed by atoms with E-state index >= 15 is 0 Å². The summed E-state index contributed by atoms with van der Waals surface area (Å²) in [5.74, 6) is 0.325. The fourth-order valence-electron chi connectivity index (χ4n) is 4.51. The Morgan fingerprint density at radius 3 is 2.46 bits per heavy atom. The van der Waals surface area contributed by atoms with Gasteiger partial charge in [-0.1, -0.05) is 6.42 Å². The number of nitrogens with one attached hydrogen (secondary N) is 3. The normalized spacial score (nSPS) is 24.3. The van der Waals surface area contributed by atoms with Gasteiger partial charge in [-0.05, 0) is 49.7 Å². The number of hydrogen-bond acceptors (Lipinski definition) is 3. The van der Waals surface area contributed by atoms with Crippen LogP contribution >= 0.6 is 0 Å².